The fourth-order valence-electron chi connectivity index (χ4n) is 2.43. The number of rotatable bonds is 3. The monoisotopic (exact) mass is 266 g/mol. The second-order valence-corrected chi connectivity index (χ2v) is 5.00. The zero-order valence-corrected chi connectivity index (χ0v) is 10.8. The number of nitrogens with one attached hydrogen (secondary N) is 1. The van der Waals surface area contributed by atoms with E-state index in [0.29, 0.717) is 19.0 Å². The van der Waals surface area contributed by atoms with E-state index in [1.807, 2.05) is 6.92 Å². The number of nitrogens with two attached hydrogens (primary N) is 1. The molecule has 1 saturated heterocycles. The summed E-state index contributed by atoms with van der Waals surface area (Å²) in [7, 11) is 0. The van der Waals surface area contributed by atoms with Crippen LogP contribution >= 0.6 is 0 Å². The fourth-order valence-corrected chi connectivity index (χ4v) is 2.43. The van der Waals surface area contributed by atoms with E-state index >= 15 is 0 Å². The summed E-state index contributed by atoms with van der Waals surface area (Å²) in [6.45, 7) is 3.16. The normalized spacial score (nSPS) is 23.4. The van der Waals surface area contributed by atoms with E-state index in [1.165, 1.54) is 12.1 Å². The van der Waals surface area contributed by atoms with Gasteiger partial charge in [0.15, 0.2) is 5.69 Å². The Balaban J connectivity index is 2.14. The molecule has 2 unspecified atom stereocenters. The van der Waals surface area contributed by atoms with Crippen LogP contribution < -0.4 is 5.73 Å². The molecule has 1 aliphatic heterocycles. The number of aromatic nitrogens is 1. The van der Waals surface area contributed by atoms with Crippen molar-refractivity contribution in [1.82, 2.24) is 9.88 Å². The molecule has 2 heterocycles. The molecule has 1 amide bonds. The number of piperidine rings is 1. The predicted octanol–water partition coefficient (Wildman–Crippen LogP) is 1.12. The number of likely N-dealkylation sites (tertiary alicyclic amines) is 1. The van der Waals surface area contributed by atoms with Crippen molar-refractivity contribution in [1.29, 1.82) is 0 Å². The van der Waals surface area contributed by atoms with Crippen LogP contribution in [-0.2, 0) is 0 Å². The van der Waals surface area contributed by atoms with Crippen LogP contribution in [0.4, 0.5) is 5.82 Å². The number of H-pyrrole nitrogens is 1. The second kappa shape index (κ2) is 5.40. The summed E-state index contributed by atoms with van der Waals surface area (Å²) in [6.07, 6.45) is 1.93. The molecular weight excluding hydrogens is 248 g/mol. The number of nitrogens with zero attached hydrogens (tertiary/aromatic N) is 2. The van der Waals surface area contributed by atoms with Gasteiger partial charge >= 0.3 is 5.82 Å². The summed E-state index contributed by atoms with van der Waals surface area (Å²) >= 11 is 0. The average molecular weight is 266 g/mol. The molecule has 0 bridgehead atoms. The number of amides is 1. The van der Waals surface area contributed by atoms with E-state index < -0.39 is 4.92 Å². The van der Waals surface area contributed by atoms with Gasteiger partial charge in [-0.1, -0.05) is 0 Å². The van der Waals surface area contributed by atoms with Gasteiger partial charge in [-0.05, 0) is 43.2 Å². The molecule has 0 radical (unpaired) electrons. The smallest absolute Gasteiger partial charge is 0.321 e. The Bertz CT molecular complexity index is 485. The quantitative estimate of drug-likeness (QED) is 0.631. The van der Waals surface area contributed by atoms with Gasteiger partial charge in [-0.15, -0.1) is 0 Å². The first kappa shape index (κ1) is 13.5. The SMILES string of the molecule is CC1CCC(CN)CN1C(=O)c1ccc([N+](=O)[O-])[nH]1. The molecule has 0 aliphatic carbocycles. The van der Waals surface area contributed by atoms with Crippen LogP contribution in [0.1, 0.15) is 30.3 Å². The topological polar surface area (TPSA) is 105 Å². The Morgan fingerprint density at radius 3 is 2.89 bits per heavy atom. The first-order chi connectivity index (χ1) is 9.02. The summed E-state index contributed by atoms with van der Waals surface area (Å²) in [6, 6.07) is 2.90. The van der Waals surface area contributed by atoms with Crippen molar-refractivity contribution in [2.75, 3.05) is 13.1 Å². The van der Waals surface area contributed by atoms with Crippen molar-refractivity contribution in [3.05, 3.63) is 27.9 Å². The van der Waals surface area contributed by atoms with Gasteiger partial charge in [0.25, 0.3) is 5.91 Å². The van der Waals surface area contributed by atoms with Crippen LogP contribution in [0, 0.1) is 16.0 Å². The second-order valence-electron chi connectivity index (χ2n) is 5.00. The van der Waals surface area contributed by atoms with E-state index in [-0.39, 0.29) is 23.5 Å². The van der Waals surface area contributed by atoms with Gasteiger partial charge in [-0.25, -0.2) is 4.98 Å². The maximum Gasteiger partial charge on any atom is 0.321 e. The molecule has 1 aromatic heterocycles. The highest BCUT2D eigenvalue weighted by atomic mass is 16.6. The zero-order valence-electron chi connectivity index (χ0n) is 10.8. The maximum absolute atomic E-state index is 12.3. The van der Waals surface area contributed by atoms with Gasteiger partial charge < -0.3 is 20.7 Å². The highest BCUT2D eigenvalue weighted by Gasteiger charge is 2.31. The highest BCUT2D eigenvalue weighted by Crippen LogP contribution is 2.23. The van der Waals surface area contributed by atoms with Crippen LogP contribution in [-0.4, -0.2) is 39.8 Å². The van der Waals surface area contributed by atoms with E-state index in [0.717, 1.165) is 12.8 Å². The molecule has 2 atom stereocenters. The van der Waals surface area contributed by atoms with Gasteiger partial charge in [0.05, 0.1) is 0 Å². The number of nitro groups is 1. The number of hydrogen-bond donors (Lipinski definition) is 2. The third kappa shape index (κ3) is 2.76. The average Bonchev–Trinajstić information content (AvgIpc) is 2.88. The summed E-state index contributed by atoms with van der Waals surface area (Å²) in [5, 5.41) is 10.6. The molecule has 0 aromatic carbocycles. The zero-order chi connectivity index (χ0) is 14.0. The molecule has 7 nitrogen and oxygen atoms in total. The third-order valence-corrected chi connectivity index (χ3v) is 3.67. The van der Waals surface area contributed by atoms with Crippen LogP contribution in [0.5, 0.6) is 0 Å². The van der Waals surface area contributed by atoms with Crippen LogP contribution in [0.2, 0.25) is 0 Å². The summed E-state index contributed by atoms with van der Waals surface area (Å²) in [4.78, 5) is 26.7. The van der Waals surface area contributed by atoms with Crippen LogP contribution in [0.25, 0.3) is 0 Å². The molecule has 1 aromatic rings. The largest absolute Gasteiger partial charge is 0.358 e. The predicted molar refractivity (Wildman–Crippen MR) is 69.7 cm³/mol. The van der Waals surface area contributed by atoms with Crippen molar-refractivity contribution in [3.8, 4) is 0 Å². The van der Waals surface area contributed by atoms with Crippen molar-refractivity contribution < 1.29 is 9.72 Å². The minimum atomic E-state index is -0.543. The Morgan fingerprint density at radius 2 is 2.32 bits per heavy atom. The lowest BCUT2D eigenvalue weighted by atomic mass is 9.93. The summed E-state index contributed by atoms with van der Waals surface area (Å²) < 4.78 is 0. The molecule has 0 saturated carbocycles. The van der Waals surface area contributed by atoms with Crippen molar-refractivity contribution in [2.24, 2.45) is 11.7 Å². The molecule has 0 spiro atoms. The van der Waals surface area contributed by atoms with Crippen LogP contribution in [0.3, 0.4) is 0 Å². The summed E-state index contributed by atoms with van der Waals surface area (Å²) in [5.41, 5.74) is 5.92. The number of carbonyl (C=O) groups excluding carboxylic acids is 1. The lowest BCUT2D eigenvalue weighted by molar-refractivity contribution is -0.389. The van der Waals surface area contributed by atoms with Gasteiger partial charge in [0.1, 0.15) is 0 Å². The van der Waals surface area contributed by atoms with E-state index in [9.17, 15) is 14.9 Å². The lowest BCUT2D eigenvalue weighted by Gasteiger charge is -2.37. The minimum absolute atomic E-state index is 0.137. The van der Waals surface area contributed by atoms with Gasteiger partial charge in [0.2, 0.25) is 0 Å². The van der Waals surface area contributed by atoms with Crippen molar-refractivity contribution in [2.45, 2.75) is 25.8 Å². The molecule has 2 rings (SSSR count). The van der Waals surface area contributed by atoms with Crippen molar-refractivity contribution in [3.63, 3.8) is 0 Å². The molecule has 1 aliphatic rings. The Morgan fingerprint density at radius 1 is 1.58 bits per heavy atom. The molecule has 19 heavy (non-hydrogen) atoms. The van der Waals surface area contributed by atoms with Crippen molar-refractivity contribution >= 4 is 11.7 Å². The minimum Gasteiger partial charge on any atom is -0.358 e. The maximum atomic E-state index is 12.3. The Kier molecular flexibility index (Phi) is 3.84. The standard InChI is InChI=1S/C12H18N4O3/c1-8-2-3-9(6-13)7-15(8)12(17)10-4-5-11(14-10)16(18)19/h4-5,8-9,14H,2-3,6-7,13H2,1H3. The van der Waals surface area contributed by atoms with Crippen LogP contribution in [0.15, 0.2) is 12.1 Å². The third-order valence-electron chi connectivity index (χ3n) is 3.67. The van der Waals surface area contributed by atoms with E-state index in [1.54, 1.807) is 4.90 Å². The van der Waals surface area contributed by atoms with E-state index in [2.05, 4.69) is 4.98 Å². The Hall–Kier alpha value is -1.89. The van der Waals surface area contributed by atoms with Gasteiger partial charge in [0, 0.05) is 18.7 Å². The Labute approximate surface area is 110 Å². The first-order valence-corrected chi connectivity index (χ1v) is 6.37. The van der Waals surface area contributed by atoms with E-state index in [4.69, 9.17) is 5.73 Å². The highest BCUT2D eigenvalue weighted by molar-refractivity contribution is 5.93. The number of hydrogen-bond acceptors (Lipinski definition) is 4. The molecule has 7 heteroatoms. The van der Waals surface area contributed by atoms with Gasteiger partial charge in [-0.2, -0.15) is 0 Å². The lowest BCUT2D eigenvalue weighted by Crippen LogP contribution is -2.47. The summed E-state index contributed by atoms with van der Waals surface area (Å²) in [5.74, 6) is -0.0489. The number of carbonyl (C=O) groups is 1. The van der Waals surface area contributed by atoms with Gasteiger partial charge in [-0.3, -0.25) is 4.79 Å². The first-order valence-electron chi connectivity index (χ1n) is 6.37. The number of aromatic amines is 1. The fraction of sp³-hybridized carbons (Fsp3) is 0.583. The molecule has 104 valence electrons. The molecular formula is C12H18N4O3. The molecule has 1 fully saturated rings. The molecule has 3 N–H and O–H groups in total.